The number of nitrogens with zero attached hydrogens (tertiary/aromatic N) is 3. The average Bonchev–Trinajstić information content (AvgIpc) is 2.92. The zero-order valence-electron chi connectivity index (χ0n) is 17.2. The number of aryl methyl sites for hydroxylation is 2. The number of anilines is 1. The van der Waals surface area contributed by atoms with Gasteiger partial charge in [0, 0.05) is 4.88 Å². The van der Waals surface area contributed by atoms with Crippen LogP contribution in [0.4, 0.5) is 18.9 Å². The van der Waals surface area contributed by atoms with Gasteiger partial charge in [0.05, 0.1) is 28.2 Å². The number of carbonyl (C=O) groups excluding carboxylic acids is 1. The summed E-state index contributed by atoms with van der Waals surface area (Å²) < 4.78 is 40.2. The van der Waals surface area contributed by atoms with Crippen LogP contribution in [0.3, 0.4) is 0 Å². The Morgan fingerprint density at radius 1 is 1.29 bits per heavy atom. The van der Waals surface area contributed by atoms with Gasteiger partial charge in [-0.1, -0.05) is 11.6 Å². The van der Waals surface area contributed by atoms with Crippen molar-refractivity contribution in [2.24, 2.45) is 0 Å². The van der Waals surface area contributed by atoms with Crippen molar-refractivity contribution in [1.29, 1.82) is 0 Å². The van der Waals surface area contributed by atoms with E-state index in [2.05, 4.69) is 10.3 Å². The van der Waals surface area contributed by atoms with Crippen LogP contribution in [-0.2, 0) is 24.1 Å². The SMILES string of the molecule is Cc1sc2nc(CN(C)C)n(CC(=O)Nc3cc(C(F)(F)F)ccc3Cl)c(=O)c2c1C. The molecule has 0 unspecified atom stereocenters. The van der Waals surface area contributed by atoms with E-state index < -0.39 is 24.2 Å². The van der Waals surface area contributed by atoms with E-state index in [1.54, 1.807) is 19.0 Å². The number of alkyl halides is 3. The maximum absolute atomic E-state index is 13.2. The maximum atomic E-state index is 13.2. The van der Waals surface area contributed by atoms with Gasteiger partial charge < -0.3 is 10.2 Å². The molecule has 0 saturated heterocycles. The van der Waals surface area contributed by atoms with E-state index in [-0.39, 0.29) is 16.3 Å². The number of benzene rings is 1. The summed E-state index contributed by atoms with van der Waals surface area (Å²) in [6, 6.07) is 2.66. The van der Waals surface area contributed by atoms with Gasteiger partial charge in [-0.05, 0) is 51.7 Å². The number of fused-ring (bicyclic) bond motifs is 1. The molecule has 0 bridgehead atoms. The summed E-state index contributed by atoms with van der Waals surface area (Å²) >= 11 is 7.36. The van der Waals surface area contributed by atoms with Gasteiger partial charge in [0.1, 0.15) is 17.2 Å². The van der Waals surface area contributed by atoms with Crippen molar-refractivity contribution < 1.29 is 18.0 Å². The second kappa shape index (κ2) is 8.60. The number of halogens is 4. The van der Waals surface area contributed by atoms with Crippen molar-refractivity contribution >= 4 is 44.7 Å². The number of rotatable bonds is 5. The molecule has 2 heterocycles. The van der Waals surface area contributed by atoms with Crippen LogP contribution in [-0.4, -0.2) is 34.5 Å². The Morgan fingerprint density at radius 2 is 1.97 bits per heavy atom. The molecule has 0 aliphatic heterocycles. The molecule has 6 nitrogen and oxygen atoms in total. The molecule has 1 amide bonds. The Bertz CT molecular complexity index is 1220. The number of carbonyl (C=O) groups is 1. The van der Waals surface area contributed by atoms with Crippen LogP contribution in [0, 0.1) is 13.8 Å². The maximum Gasteiger partial charge on any atom is 0.416 e. The molecule has 0 aliphatic rings. The van der Waals surface area contributed by atoms with Crippen molar-refractivity contribution in [2.45, 2.75) is 33.1 Å². The molecule has 0 saturated carbocycles. The third kappa shape index (κ3) is 4.91. The second-order valence-corrected chi connectivity index (χ2v) is 8.97. The lowest BCUT2D eigenvalue weighted by Crippen LogP contribution is -2.33. The molecule has 2 aromatic heterocycles. The van der Waals surface area contributed by atoms with Gasteiger partial charge in [0.2, 0.25) is 5.91 Å². The van der Waals surface area contributed by atoms with Crippen molar-refractivity contribution in [3.63, 3.8) is 0 Å². The zero-order valence-corrected chi connectivity index (χ0v) is 18.8. The fourth-order valence-electron chi connectivity index (χ4n) is 3.07. The summed E-state index contributed by atoms with van der Waals surface area (Å²) in [7, 11) is 3.60. The second-order valence-electron chi connectivity index (χ2n) is 7.36. The van der Waals surface area contributed by atoms with Crippen molar-refractivity contribution in [3.8, 4) is 0 Å². The highest BCUT2D eigenvalue weighted by Gasteiger charge is 2.31. The number of nitrogens with one attached hydrogen (secondary N) is 1. The minimum atomic E-state index is -4.58. The third-order valence-electron chi connectivity index (χ3n) is 4.70. The Labute approximate surface area is 185 Å². The highest BCUT2D eigenvalue weighted by Crippen LogP contribution is 2.34. The van der Waals surface area contributed by atoms with Gasteiger partial charge in [0.25, 0.3) is 5.56 Å². The summed E-state index contributed by atoms with van der Waals surface area (Å²) in [5, 5.41) is 2.78. The standard InChI is InChI=1S/C20H20ClF3N4O2S/c1-10-11(2)31-18-17(10)19(30)28(15(26-18)8-27(3)4)9-16(29)25-14-7-12(20(22,23)24)5-6-13(14)21/h5-7H,8-9H2,1-4H3,(H,25,29). The van der Waals surface area contributed by atoms with Crippen LogP contribution < -0.4 is 10.9 Å². The van der Waals surface area contributed by atoms with E-state index in [9.17, 15) is 22.8 Å². The highest BCUT2D eigenvalue weighted by molar-refractivity contribution is 7.18. The largest absolute Gasteiger partial charge is 0.416 e. The van der Waals surface area contributed by atoms with Crippen LogP contribution in [0.15, 0.2) is 23.0 Å². The molecular weight excluding hydrogens is 453 g/mol. The van der Waals surface area contributed by atoms with Gasteiger partial charge >= 0.3 is 6.18 Å². The molecular formula is C20H20ClF3N4O2S. The fourth-order valence-corrected chi connectivity index (χ4v) is 4.27. The van der Waals surface area contributed by atoms with Crippen molar-refractivity contribution in [2.75, 3.05) is 19.4 Å². The Morgan fingerprint density at radius 3 is 2.58 bits per heavy atom. The number of hydrogen-bond donors (Lipinski definition) is 1. The third-order valence-corrected chi connectivity index (χ3v) is 6.13. The molecule has 166 valence electrons. The Balaban J connectivity index is 1.99. The van der Waals surface area contributed by atoms with Gasteiger partial charge in [-0.15, -0.1) is 11.3 Å². The average molecular weight is 473 g/mol. The molecule has 31 heavy (non-hydrogen) atoms. The molecule has 0 radical (unpaired) electrons. The molecule has 0 fully saturated rings. The monoisotopic (exact) mass is 472 g/mol. The molecule has 0 aliphatic carbocycles. The van der Waals surface area contributed by atoms with Crippen LogP contribution in [0.2, 0.25) is 5.02 Å². The first-order valence-corrected chi connectivity index (χ1v) is 10.4. The van der Waals surface area contributed by atoms with E-state index in [1.807, 2.05) is 13.8 Å². The molecule has 3 rings (SSSR count). The van der Waals surface area contributed by atoms with E-state index in [0.717, 1.165) is 28.6 Å². The summed E-state index contributed by atoms with van der Waals surface area (Å²) in [5.74, 6) is -0.303. The Hall–Kier alpha value is -2.43. The molecule has 0 atom stereocenters. The first-order chi connectivity index (χ1) is 14.4. The minimum Gasteiger partial charge on any atom is -0.323 e. The number of amides is 1. The predicted molar refractivity (Wildman–Crippen MR) is 116 cm³/mol. The van der Waals surface area contributed by atoms with Crippen LogP contribution in [0.5, 0.6) is 0 Å². The molecule has 11 heteroatoms. The minimum absolute atomic E-state index is 0.0416. The first kappa shape index (κ1) is 23.2. The molecule has 1 aromatic carbocycles. The van der Waals surface area contributed by atoms with Gasteiger partial charge in [-0.25, -0.2) is 4.98 Å². The summed E-state index contributed by atoms with van der Waals surface area (Å²) in [6.07, 6.45) is -4.58. The van der Waals surface area contributed by atoms with E-state index in [4.69, 9.17) is 11.6 Å². The van der Waals surface area contributed by atoms with Crippen molar-refractivity contribution in [1.82, 2.24) is 14.5 Å². The normalized spacial score (nSPS) is 12.0. The predicted octanol–water partition coefficient (Wildman–Crippen LogP) is 4.45. The number of hydrogen-bond acceptors (Lipinski definition) is 5. The van der Waals surface area contributed by atoms with E-state index >= 15 is 0 Å². The van der Waals surface area contributed by atoms with Crippen LogP contribution in [0.25, 0.3) is 10.2 Å². The summed E-state index contributed by atoms with van der Waals surface area (Å²) in [5.41, 5.74) is -0.691. The van der Waals surface area contributed by atoms with Gasteiger partial charge in [-0.3, -0.25) is 14.2 Å². The summed E-state index contributed by atoms with van der Waals surface area (Å²) in [6.45, 7) is 3.60. The lowest BCUT2D eigenvalue weighted by molar-refractivity contribution is -0.137. The van der Waals surface area contributed by atoms with Crippen LogP contribution >= 0.6 is 22.9 Å². The highest BCUT2D eigenvalue weighted by atomic mass is 35.5. The zero-order chi connectivity index (χ0) is 23.1. The van der Waals surface area contributed by atoms with E-state index in [1.165, 1.54) is 15.9 Å². The smallest absolute Gasteiger partial charge is 0.323 e. The molecule has 1 N–H and O–H groups in total. The van der Waals surface area contributed by atoms with E-state index in [0.29, 0.717) is 22.6 Å². The quantitative estimate of drug-likeness (QED) is 0.596. The van der Waals surface area contributed by atoms with Crippen LogP contribution in [0.1, 0.15) is 21.8 Å². The number of aromatic nitrogens is 2. The number of thiophene rings is 1. The summed E-state index contributed by atoms with van der Waals surface area (Å²) in [4.78, 5) is 33.7. The van der Waals surface area contributed by atoms with Crippen molar-refractivity contribution in [3.05, 3.63) is 55.4 Å². The molecule has 3 aromatic rings. The molecule has 0 spiro atoms. The van der Waals surface area contributed by atoms with Gasteiger partial charge in [0.15, 0.2) is 0 Å². The topological polar surface area (TPSA) is 67.2 Å². The Kier molecular flexibility index (Phi) is 6.45. The fraction of sp³-hybridized carbons (Fsp3) is 0.350. The lowest BCUT2D eigenvalue weighted by atomic mass is 10.2. The first-order valence-electron chi connectivity index (χ1n) is 9.19. The van der Waals surface area contributed by atoms with Gasteiger partial charge in [-0.2, -0.15) is 13.2 Å². The lowest BCUT2D eigenvalue weighted by Gasteiger charge is -2.16.